The highest BCUT2D eigenvalue weighted by atomic mass is 15.0. The molecule has 0 amide bonds. The zero-order valence-corrected chi connectivity index (χ0v) is 57.7. The molecule has 23 rings (SSSR count). The van der Waals surface area contributed by atoms with Gasteiger partial charge in [-0.25, -0.2) is 0 Å². The van der Waals surface area contributed by atoms with Crippen LogP contribution in [0.4, 0.5) is 0 Å². The van der Waals surface area contributed by atoms with E-state index < -0.39 is 0 Å². The summed E-state index contributed by atoms with van der Waals surface area (Å²) < 4.78 is 9.61. The van der Waals surface area contributed by atoms with Crippen molar-refractivity contribution in [3.05, 3.63) is 388 Å². The van der Waals surface area contributed by atoms with E-state index in [0.29, 0.717) is 0 Å². The Labute approximate surface area is 610 Å². The maximum atomic E-state index is 2.43. The normalized spacial score (nSPS) is 12.0. The second-order valence-corrected chi connectivity index (χ2v) is 28.2. The lowest BCUT2D eigenvalue weighted by Gasteiger charge is -2.14. The van der Waals surface area contributed by atoms with Gasteiger partial charge in [0.25, 0.3) is 0 Å². The van der Waals surface area contributed by atoms with Crippen molar-refractivity contribution in [3.8, 4) is 56.1 Å². The van der Waals surface area contributed by atoms with Gasteiger partial charge in [-0.15, -0.1) is 0 Å². The minimum Gasteiger partial charge on any atom is -0.309 e. The molecule has 106 heavy (non-hydrogen) atoms. The lowest BCUT2D eigenvalue weighted by molar-refractivity contribution is 1.18. The fraction of sp³-hybridized carbons (Fsp3) is 0. The SMILES string of the molecule is c1ccc(-n2c3ccccc3c3cc(-c4ccc(-n5c6ccccc6c6ccc(-c7ccc8c9ccccc9c9ccccc9c8c7)cc65)cc4)ccc32)cc1.c1ccc2c(c1)c1ccccc1c1cc(-n3c4ccccc4c4cc(-c5ccc(-n6c7ccccc7c7ccccc76)cc5)ccc43)ccc21. The van der Waals surface area contributed by atoms with E-state index in [1.807, 2.05) is 0 Å². The molecule has 492 valence electrons. The number of fused-ring (bicyclic) bond motifs is 24. The summed E-state index contributed by atoms with van der Waals surface area (Å²) in [4.78, 5) is 0. The fourth-order valence-corrected chi connectivity index (χ4v) is 17.8. The van der Waals surface area contributed by atoms with E-state index in [1.54, 1.807) is 0 Å². The maximum absolute atomic E-state index is 2.43. The Bertz CT molecular complexity index is 7430. The van der Waals surface area contributed by atoms with Gasteiger partial charge in [-0.3, -0.25) is 0 Å². The molecular weight excluding hydrogens is 1280 g/mol. The Morgan fingerprint density at radius 3 is 0.726 bits per heavy atom. The van der Waals surface area contributed by atoms with E-state index in [9.17, 15) is 0 Å². The lowest BCUT2D eigenvalue weighted by Crippen LogP contribution is -1.95. The van der Waals surface area contributed by atoms with E-state index in [4.69, 9.17) is 0 Å². The van der Waals surface area contributed by atoms with Gasteiger partial charge in [0.1, 0.15) is 0 Å². The van der Waals surface area contributed by atoms with Crippen molar-refractivity contribution in [3.63, 3.8) is 0 Å². The van der Waals surface area contributed by atoms with Crippen LogP contribution in [0.15, 0.2) is 388 Å². The zero-order valence-electron chi connectivity index (χ0n) is 57.7. The van der Waals surface area contributed by atoms with Crippen LogP contribution in [-0.4, -0.2) is 18.3 Å². The smallest absolute Gasteiger partial charge is 0.0547 e. The predicted octanol–water partition coefficient (Wildman–Crippen LogP) is 27.7. The average molecular weight is 1350 g/mol. The molecule has 4 aromatic heterocycles. The molecule has 0 saturated carbocycles. The summed E-state index contributed by atoms with van der Waals surface area (Å²) in [5, 5.41) is 25.6. The van der Waals surface area contributed by atoms with E-state index in [0.717, 1.165) is 5.69 Å². The molecule has 19 aromatic carbocycles. The van der Waals surface area contributed by atoms with Gasteiger partial charge in [0.2, 0.25) is 0 Å². The van der Waals surface area contributed by atoms with Crippen LogP contribution in [0.1, 0.15) is 0 Å². The fourth-order valence-electron chi connectivity index (χ4n) is 17.8. The van der Waals surface area contributed by atoms with Crippen molar-refractivity contribution in [2.45, 2.75) is 0 Å². The van der Waals surface area contributed by atoms with Gasteiger partial charge in [0.15, 0.2) is 0 Å². The largest absolute Gasteiger partial charge is 0.309 e. The molecule has 0 fully saturated rings. The summed E-state index contributed by atoms with van der Waals surface area (Å²) in [7, 11) is 0. The van der Waals surface area contributed by atoms with E-state index in [2.05, 4.69) is 407 Å². The van der Waals surface area contributed by atoms with Gasteiger partial charge in [-0.1, -0.05) is 273 Å². The molecule has 0 atom stereocenters. The Morgan fingerprint density at radius 1 is 0.104 bits per heavy atom. The van der Waals surface area contributed by atoms with Crippen molar-refractivity contribution in [1.82, 2.24) is 18.3 Å². The molecule has 4 heterocycles. The van der Waals surface area contributed by atoms with Crippen LogP contribution in [0.3, 0.4) is 0 Å². The second kappa shape index (κ2) is 23.8. The van der Waals surface area contributed by atoms with E-state index >= 15 is 0 Å². The first-order valence-corrected chi connectivity index (χ1v) is 36.6. The standard InChI is InChI=1S/C54H34N2.C48H30N2/c1-2-12-39(13-3-1)55-52-21-11-9-19-47(52)50-33-36(26-31-53(50)55)35-22-27-40(28-23-35)56-51-20-10-8-18-46(51)48-30-25-38(34-54(48)56)37-24-29-45-43-16-5-4-14-41(43)42-15-6-7-17-44(42)49(45)32-37;1-2-13-37-35(11-1)36-12-3-4-14-38(36)43-30-34(26-27-39(37)43)50-47-20-10-7-17-42(47)44-29-32(23-28-48(44)50)31-21-24-33(25-22-31)49-45-18-8-5-15-40(45)41-16-6-9-19-46(41)49/h1-34H;1-30H. The zero-order chi connectivity index (χ0) is 69.5. The molecule has 0 saturated heterocycles. The van der Waals surface area contributed by atoms with Crippen molar-refractivity contribution >= 4 is 152 Å². The van der Waals surface area contributed by atoms with Gasteiger partial charge >= 0.3 is 0 Å². The van der Waals surface area contributed by atoms with Crippen molar-refractivity contribution < 1.29 is 0 Å². The second-order valence-electron chi connectivity index (χ2n) is 28.2. The molecule has 0 unspecified atom stereocenters. The predicted molar refractivity (Wildman–Crippen MR) is 452 cm³/mol. The summed E-state index contributed by atoms with van der Waals surface area (Å²) in [5.41, 5.74) is 21.6. The Kier molecular flexibility index (Phi) is 13.4. The van der Waals surface area contributed by atoms with Crippen LogP contribution in [0.25, 0.3) is 208 Å². The Morgan fingerprint density at radius 2 is 0.321 bits per heavy atom. The minimum atomic E-state index is 1.15. The molecule has 0 radical (unpaired) electrons. The maximum Gasteiger partial charge on any atom is 0.0547 e. The monoisotopic (exact) mass is 1340 g/mol. The molecule has 4 nitrogen and oxygen atoms in total. The summed E-state index contributed by atoms with van der Waals surface area (Å²) in [6, 6.07) is 142. The minimum absolute atomic E-state index is 1.15. The summed E-state index contributed by atoms with van der Waals surface area (Å²) in [6.45, 7) is 0. The first-order chi connectivity index (χ1) is 52.6. The molecule has 0 bridgehead atoms. The van der Waals surface area contributed by atoms with Crippen LogP contribution in [0.2, 0.25) is 0 Å². The molecule has 0 N–H and O–H groups in total. The number of hydrogen-bond acceptors (Lipinski definition) is 0. The highest BCUT2D eigenvalue weighted by Gasteiger charge is 2.21. The van der Waals surface area contributed by atoms with Gasteiger partial charge in [-0.05, 0) is 213 Å². The van der Waals surface area contributed by atoms with Crippen LogP contribution in [-0.2, 0) is 0 Å². The number of aromatic nitrogens is 4. The first kappa shape index (κ1) is 59.6. The molecule has 4 heteroatoms. The van der Waals surface area contributed by atoms with Crippen molar-refractivity contribution in [2.75, 3.05) is 0 Å². The number of para-hydroxylation sites is 6. The third-order valence-electron chi connectivity index (χ3n) is 22.6. The van der Waals surface area contributed by atoms with Gasteiger partial charge in [-0.2, -0.15) is 0 Å². The number of benzene rings is 19. The first-order valence-electron chi connectivity index (χ1n) is 36.6. The molecule has 23 aromatic rings. The molecule has 0 aliphatic rings. The molecule has 0 aliphatic carbocycles. The van der Waals surface area contributed by atoms with Crippen molar-refractivity contribution in [1.29, 1.82) is 0 Å². The third kappa shape index (κ3) is 9.21. The van der Waals surface area contributed by atoms with Gasteiger partial charge in [0.05, 0.1) is 44.1 Å². The summed E-state index contributed by atoms with van der Waals surface area (Å²) >= 11 is 0. The van der Waals surface area contributed by atoms with Gasteiger partial charge < -0.3 is 18.3 Å². The molecular formula is C102H64N4. The van der Waals surface area contributed by atoms with E-state index in [1.165, 1.54) is 202 Å². The summed E-state index contributed by atoms with van der Waals surface area (Å²) in [6.07, 6.45) is 0. The third-order valence-corrected chi connectivity index (χ3v) is 22.6. The average Bonchev–Trinajstić information content (AvgIpc) is 1.17. The van der Waals surface area contributed by atoms with Crippen LogP contribution in [0.5, 0.6) is 0 Å². The number of nitrogens with zero attached hydrogens (tertiary/aromatic N) is 4. The number of hydrogen-bond donors (Lipinski definition) is 0. The van der Waals surface area contributed by atoms with Crippen LogP contribution < -0.4 is 0 Å². The van der Waals surface area contributed by atoms with Gasteiger partial charge in [0, 0.05) is 65.8 Å². The van der Waals surface area contributed by atoms with Crippen molar-refractivity contribution in [2.24, 2.45) is 0 Å². The molecule has 0 aliphatic heterocycles. The topological polar surface area (TPSA) is 19.7 Å². The highest BCUT2D eigenvalue weighted by Crippen LogP contribution is 2.44. The molecule has 0 spiro atoms. The highest BCUT2D eigenvalue weighted by molar-refractivity contribution is 6.27. The lowest BCUT2D eigenvalue weighted by atomic mass is 9.92. The Hall–Kier alpha value is -14.1. The summed E-state index contributed by atoms with van der Waals surface area (Å²) in [5.74, 6) is 0. The quantitative estimate of drug-likeness (QED) is 0.142. The van der Waals surface area contributed by atoms with Crippen LogP contribution in [0, 0.1) is 0 Å². The number of rotatable bonds is 7. The van der Waals surface area contributed by atoms with E-state index in [-0.39, 0.29) is 0 Å². The van der Waals surface area contributed by atoms with Crippen LogP contribution >= 0.6 is 0 Å². The Balaban J connectivity index is 0.000000133.